The molecule has 0 bridgehead atoms. The molecule has 2 aromatic rings. The van der Waals surface area contributed by atoms with E-state index in [0.29, 0.717) is 47.8 Å². The van der Waals surface area contributed by atoms with Crippen LogP contribution in [0.5, 0.6) is 11.5 Å². The molecule has 2 aromatic carbocycles. The molecule has 148 valence electrons. The van der Waals surface area contributed by atoms with Crippen LogP contribution < -0.4 is 20.1 Å². The molecule has 0 saturated carbocycles. The molecule has 0 spiro atoms. The van der Waals surface area contributed by atoms with Gasteiger partial charge in [0, 0.05) is 42.3 Å². The van der Waals surface area contributed by atoms with E-state index in [-0.39, 0.29) is 6.61 Å². The van der Waals surface area contributed by atoms with E-state index in [1.165, 1.54) is 0 Å². The van der Waals surface area contributed by atoms with Gasteiger partial charge < -0.3 is 25.2 Å². The minimum atomic E-state index is 0.140. The maximum atomic E-state index is 8.74. The Balaban J connectivity index is 1.98. The Labute approximate surface area is 170 Å². The summed E-state index contributed by atoms with van der Waals surface area (Å²) in [5.41, 5.74) is 1.96. The van der Waals surface area contributed by atoms with E-state index in [0.717, 1.165) is 24.2 Å². The van der Waals surface area contributed by atoms with Crippen molar-refractivity contribution in [2.75, 3.05) is 32.8 Å². The van der Waals surface area contributed by atoms with Crippen molar-refractivity contribution in [1.82, 2.24) is 10.6 Å². The first-order valence-corrected chi connectivity index (χ1v) is 9.74. The minimum Gasteiger partial charge on any atom is -0.490 e. The first kappa shape index (κ1) is 21.8. The quantitative estimate of drug-likeness (QED) is 0.464. The van der Waals surface area contributed by atoms with Crippen LogP contribution in [0.3, 0.4) is 0 Å². The van der Waals surface area contributed by atoms with E-state index in [2.05, 4.69) is 10.6 Å². The van der Waals surface area contributed by atoms with Crippen molar-refractivity contribution in [3.63, 3.8) is 0 Å². The summed E-state index contributed by atoms with van der Waals surface area (Å²) in [4.78, 5) is 0. The summed E-state index contributed by atoms with van der Waals surface area (Å²) in [5, 5.41) is 16.5. The topological polar surface area (TPSA) is 62.8 Å². The Hall–Kier alpha value is -1.50. The van der Waals surface area contributed by atoms with Gasteiger partial charge >= 0.3 is 0 Å². The van der Waals surface area contributed by atoms with Crippen LogP contribution in [0.2, 0.25) is 10.0 Å². The first-order chi connectivity index (χ1) is 13.1. The van der Waals surface area contributed by atoms with Crippen molar-refractivity contribution in [3.05, 3.63) is 57.6 Å². The van der Waals surface area contributed by atoms with E-state index in [1.807, 2.05) is 37.3 Å². The zero-order chi connectivity index (χ0) is 19.5. The van der Waals surface area contributed by atoms with Gasteiger partial charge in [-0.2, -0.15) is 0 Å². The average molecular weight is 413 g/mol. The van der Waals surface area contributed by atoms with Crippen LogP contribution in [0.4, 0.5) is 0 Å². The second-order valence-corrected chi connectivity index (χ2v) is 6.73. The summed E-state index contributed by atoms with van der Waals surface area (Å²) >= 11 is 12.3. The van der Waals surface area contributed by atoms with Gasteiger partial charge in [0.25, 0.3) is 0 Å². The molecule has 0 heterocycles. The lowest BCUT2D eigenvalue weighted by Gasteiger charge is -2.15. The predicted octanol–water partition coefficient (Wildman–Crippen LogP) is 3.64. The largest absolute Gasteiger partial charge is 0.490 e. The van der Waals surface area contributed by atoms with Crippen LogP contribution in [0, 0.1) is 0 Å². The number of rotatable bonds is 12. The van der Waals surface area contributed by atoms with Crippen LogP contribution >= 0.6 is 23.2 Å². The molecule has 0 unspecified atom stereocenters. The second kappa shape index (κ2) is 12.1. The molecule has 0 aliphatic heterocycles. The average Bonchev–Trinajstić information content (AvgIpc) is 2.67. The fourth-order valence-electron chi connectivity index (χ4n) is 2.44. The summed E-state index contributed by atoms with van der Waals surface area (Å²) in [6.45, 7) is 5.78. The number of hydrogen-bond donors (Lipinski definition) is 3. The smallest absolute Gasteiger partial charge is 0.163 e. The molecular weight excluding hydrogens is 387 g/mol. The highest BCUT2D eigenvalue weighted by molar-refractivity contribution is 6.31. The van der Waals surface area contributed by atoms with Crippen molar-refractivity contribution in [1.29, 1.82) is 0 Å². The van der Waals surface area contributed by atoms with Crippen LogP contribution in [0.15, 0.2) is 36.4 Å². The van der Waals surface area contributed by atoms with Gasteiger partial charge in [0.2, 0.25) is 0 Å². The van der Waals surface area contributed by atoms with Gasteiger partial charge in [0.05, 0.1) is 13.2 Å². The van der Waals surface area contributed by atoms with E-state index in [1.54, 1.807) is 6.07 Å². The zero-order valence-electron chi connectivity index (χ0n) is 15.4. The Morgan fingerprint density at radius 2 is 1.63 bits per heavy atom. The van der Waals surface area contributed by atoms with Crippen molar-refractivity contribution in [2.45, 2.75) is 20.1 Å². The minimum absolute atomic E-state index is 0.140. The third-order valence-corrected chi connectivity index (χ3v) is 4.41. The number of ether oxygens (including phenoxy) is 2. The number of halogens is 2. The lowest BCUT2D eigenvalue weighted by molar-refractivity contribution is 0.269. The molecule has 2 rings (SSSR count). The number of nitrogens with one attached hydrogen (secondary N) is 2. The highest BCUT2D eigenvalue weighted by atomic mass is 35.5. The van der Waals surface area contributed by atoms with Crippen LogP contribution in [0.25, 0.3) is 0 Å². The molecule has 0 aliphatic rings. The molecule has 0 aromatic heterocycles. The normalized spacial score (nSPS) is 10.8. The highest BCUT2D eigenvalue weighted by Gasteiger charge is 2.11. The Morgan fingerprint density at radius 3 is 2.33 bits per heavy atom. The maximum Gasteiger partial charge on any atom is 0.163 e. The van der Waals surface area contributed by atoms with Crippen LogP contribution in [-0.4, -0.2) is 38.0 Å². The lowest BCUT2D eigenvalue weighted by atomic mass is 10.2. The fourth-order valence-corrected chi connectivity index (χ4v) is 2.79. The Morgan fingerprint density at radius 1 is 0.926 bits per heavy atom. The lowest BCUT2D eigenvalue weighted by Crippen LogP contribution is -2.28. The molecule has 0 aliphatic carbocycles. The SMILES string of the molecule is CCOc1cc(CNCCNCCO)c(Cl)cc1OCc1ccc(Cl)cc1. The molecule has 0 fully saturated rings. The molecule has 0 amide bonds. The number of hydrogen-bond acceptors (Lipinski definition) is 5. The molecule has 3 N–H and O–H groups in total. The Bertz CT molecular complexity index is 696. The highest BCUT2D eigenvalue weighted by Crippen LogP contribution is 2.34. The first-order valence-electron chi connectivity index (χ1n) is 8.98. The van der Waals surface area contributed by atoms with Gasteiger partial charge in [-0.1, -0.05) is 35.3 Å². The van der Waals surface area contributed by atoms with Gasteiger partial charge in [-0.15, -0.1) is 0 Å². The molecule has 7 heteroatoms. The van der Waals surface area contributed by atoms with Gasteiger partial charge in [0.1, 0.15) is 6.61 Å². The van der Waals surface area contributed by atoms with Crippen molar-refractivity contribution in [3.8, 4) is 11.5 Å². The zero-order valence-corrected chi connectivity index (χ0v) is 16.9. The van der Waals surface area contributed by atoms with Gasteiger partial charge in [0.15, 0.2) is 11.5 Å². The van der Waals surface area contributed by atoms with Gasteiger partial charge in [-0.25, -0.2) is 0 Å². The van der Waals surface area contributed by atoms with Crippen molar-refractivity contribution in [2.24, 2.45) is 0 Å². The molecular formula is C20H26Cl2N2O3. The standard InChI is InChI=1S/C20H26Cl2N2O3/c1-2-26-19-11-16(13-24-8-7-23-9-10-25)18(22)12-20(19)27-14-15-3-5-17(21)6-4-15/h3-6,11-12,23-25H,2,7-10,13-14H2,1H3. The van der Waals surface area contributed by atoms with E-state index < -0.39 is 0 Å². The van der Waals surface area contributed by atoms with Gasteiger partial charge in [-0.3, -0.25) is 0 Å². The van der Waals surface area contributed by atoms with E-state index in [9.17, 15) is 0 Å². The van der Waals surface area contributed by atoms with Crippen LogP contribution in [-0.2, 0) is 13.2 Å². The third kappa shape index (κ3) is 7.56. The number of benzene rings is 2. The molecule has 0 atom stereocenters. The molecule has 0 radical (unpaired) electrons. The summed E-state index contributed by atoms with van der Waals surface area (Å²) < 4.78 is 11.6. The van der Waals surface area contributed by atoms with Crippen molar-refractivity contribution >= 4 is 23.2 Å². The van der Waals surface area contributed by atoms with Gasteiger partial charge in [-0.05, 0) is 36.2 Å². The number of aliphatic hydroxyl groups excluding tert-OH is 1. The number of aliphatic hydroxyl groups is 1. The third-order valence-electron chi connectivity index (χ3n) is 3.80. The van der Waals surface area contributed by atoms with Crippen molar-refractivity contribution < 1.29 is 14.6 Å². The monoisotopic (exact) mass is 412 g/mol. The summed E-state index contributed by atoms with van der Waals surface area (Å²) in [6.07, 6.45) is 0. The second-order valence-electron chi connectivity index (χ2n) is 5.89. The van der Waals surface area contributed by atoms with Crippen LogP contribution in [0.1, 0.15) is 18.1 Å². The molecule has 27 heavy (non-hydrogen) atoms. The summed E-state index contributed by atoms with van der Waals surface area (Å²) in [7, 11) is 0. The Kier molecular flexibility index (Phi) is 9.73. The maximum absolute atomic E-state index is 8.74. The van der Waals surface area contributed by atoms with E-state index >= 15 is 0 Å². The molecule has 0 saturated heterocycles. The fraction of sp³-hybridized carbons (Fsp3) is 0.400. The summed E-state index contributed by atoms with van der Waals surface area (Å²) in [5.74, 6) is 1.29. The predicted molar refractivity (Wildman–Crippen MR) is 110 cm³/mol. The summed E-state index contributed by atoms with van der Waals surface area (Å²) in [6, 6.07) is 11.2. The van der Waals surface area contributed by atoms with E-state index in [4.69, 9.17) is 37.8 Å². The molecule has 5 nitrogen and oxygen atoms in total.